The van der Waals surface area contributed by atoms with Crippen LogP contribution in [-0.4, -0.2) is 21.1 Å². The van der Waals surface area contributed by atoms with Crippen molar-refractivity contribution in [3.8, 4) is 0 Å². The number of aromatic amines is 1. The molecule has 2 N–H and O–H groups in total. The molecule has 5 nitrogen and oxygen atoms in total. The van der Waals surface area contributed by atoms with E-state index in [1.165, 1.54) is 12.1 Å². The Kier molecular flexibility index (Phi) is 3.57. The van der Waals surface area contributed by atoms with E-state index in [9.17, 15) is 9.18 Å². The van der Waals surface area contributed by atoms with Gasteiger partial charge in [-0.25, -0.2) is 9.37 Å². The van der Waals surface area contributed by atoms with Gasteiger partial charge in [0.1, 0.15) is 11.6 Å². The van der Waals surface area contributed by atoms with Crippen molar-refractivity contribution in [3.05, 3.63) is 40.7 Å². The van der Waals surface area contributed by atoms with Crippen LogP contribution in [0.5, 0.6) is 0 Å². The first kappa shape index (κ1) is 12.5. The summed E-state index contributed by atoms with van der Waals surface area (Å²) in [6.45, 7) is 1.88. The molecule has 94 valence electrons. The van der Waals surface area contributed by atoms with E-state index in [1.54, 1.807) is 0 Å². The van der Waals surface area contributed by atoms with E-state index in [2.05, 4.69) is 20.5 Å². The fraction of sp³-hybridized carbons (Fsp3) is 0.182. The van der Waals surface area contributed by atoms with Crippen molar-refractivity contribution in [1.29, 1.82) is 0 Å². The quantitative estimate of drug-likeness (QED) is 0.898. The molecule has 2 rings (SSSR count). The van der Waals surface area contributed by atoms with Crippen LogP contribution in [0.3, 0.4) is 0 Å². The first-order chi connectivity index (χ1) is 8.60. The Morgan fingerprint density at radius 1 is 1.56 bits per heavy atom. The van der Waals surface area contributed by atoms with E-state index >= 15 is 0 Å². The van der Waals surface area contributed by atoms with Crippen molar-refractivity contribution in [1.82, 2.24) is 15.2 Å². The molecule has 18 heavy (non-hydrogen) atoms. The van der Waals surface area contributed by atoms with Crippen molar-refractivity contribution in [2.45, 2.75) is 13.3 Å². The summed E-state index contributed by atoms with van der Waals surface area (Å²) in [5, 5.41) is 9.06. The lowest BCUT2D eigenvalue weighted by Crippen LogP contribution is -2.14. The van der Waals surface area contributed by atoms with Gasteiger partial charge in [0.25, 0.3) is 5.91 Å². The molecule has 1 aromatic heterocycles. The van der Waals surface area contributed by atoms with Crippen LogP contribution in [0, 0.1) is 5.82 Å². The number of nitrogens with one attached hydrogen (secondary N) is 2. The first-order valence-electron chi connectivity index (χ1n) is 5.28. The fourth-order valence-electron chi connectivity index (χ4n) is 1.33. The lowest BCUT2D eigenvalue weighted by Gasteiger charge is -2.04. The minimum absolute atomic E-state index is 0.00724. The Hall–Kier alpha value is -1.95. The number of halogens is 2. The second-order valence-electron chi connectivity index (χ2n) is 3.54. The number of aromatic nitrogens is 3. The van der Waals surface area contributed by atoms with Crippen LogP contribution in [-0.2, 0) is 6.42 Å². The Morgan fingerprint density at radius 3 is 3.00 bits per heavy atom. The van der Waals surface area contributed by atoms with Gasteiger partial charge >= 0.3 is 0 Å². The Morgan fingerprint density at radius 2 is 2.33 bits per heavy atom. The number of carbonyl (C=O) groups excluding carboxylic acids is 1. The van der Waals surface area contributed by atoms with E-state index in [0.29, 0.717) is 12.2 Å². The number of hydrogen-bond donors (Lipinski definition) is 2. The van der Waals surface area contributed by atoms with Crippen LogP contribution >= 0.6 is 11.6 Å². The van der Waals surface area contributed by atoms with Crippen molar-refractivity contribution in [2.24, 2.45) is 0 Å². The van der Waals surface area contributed by atoms with Gasteiger partial charge in [-0.2, -0.15) is 0 Å². The number of amides is 1. The third-order valence-electron chi connectivity index (χ3n) is 2.25. The maximum absolute atomic E-state index is 13.0. The van der Waals surface area contributed by atoms with Gasteiger partial charge in [0.15, 0.2) is 0 Å². The smallest absolute Gasteiger partial charge is 0.295 e. The predicted molar refractivity (Wildman–Crippen MR) is 65.1 cm³/mol. The molecule has 1 amide bonds. The molecule has 1 aromatic carbocycles. The molecule has 0 saturated heterocycles. The number of hydrogen-bond acceptors (Lipinski definition) is 3. The molecule has 0 aliphatic rings. The molecule has 0 aliphatic heterocycles. The fourth-order valence-corrected chi connectivity index (χ4v) is 1.49. The third kappa shape index (κ3) is 2.65. The van der Waals surface area contributed by atoms with Crippen LogP contribution in [0.4, 0.5) is 10.1 Å². The molecule has 7 heteroatoms. The molecule has 0 unspecified atom stereocenters. The maximum atomic E-state index is 13.0. The number of H-pyrrole nitrogens is 1. The predicted octanol–water partition coefficient (Wildman–Crippen LogP) is 2.41. The molecule has 0 bridgehead atoms. The van der Waals surface area contributed by atoms with Gasteiger partial charge < -0.3 is 5.32 Å². The van der Waals surface area contributed by atoms with Crippen molar-refractivity contribution < 1.29 is 9.18 Å². The molecular formula is C11H10ClFN4O. The zero-order valence-electron chi connectivity index (χ0n) is 9.50. The van der Waals surface area contributed by atoms with E-state index in [0.717, 1.165) is 6.07 Å². The number of aryl methyl sites for hydroxylation is 1. The summed E-state index contributed by atoms with van der Waals surface area (Å²) in [5.41, 5.74) is 0.185. The van der Waals surface area contributed by atoms with E-state index in [4.69, 9.17) is 11.6 Å². The van der Waals surface area contributed by atoms with Gasteiger partial charge in [-0.15, -0.1) is 5.10 Å². The van der Waals surface area contributed by atoms with Crippen LogP contribution in [0.2, 0.25) is 5.02 Å². The zero-order chi connectivity index (χ0) is 13.1. The molecule has 1 heterocycles. The van der Waals surface area contributed by atoms with Crippen LogP contribution in [0.25, 0.3) is 0 Å². The minimum atomic E-state index is -0.543. The Bertz CT molecular complexity index is 584. The summed E-state index contributed by atoms with van der Waals surface area (Å²) in [4.78, 5) is 15.7. The highest BCUT2D eigenvalue weighted by atomic mass is 35.5. The molecule has 0 aliphatic carbocycles. The maximum Gasteiger partial charge on any atom is 0.295 e. The highest BCUT2D eigenvalue weighted by Crippen LogP contribution is 2.22. The summed E-state index contributed by atoms with van der Waals surface area (Å²) in [6.07, 6.45) is 0.640. The third-order valence-corrected chi connectivity index (χ3v) is 2.58. The average Bonchev–Trinajstić information content (AvgIpc) is 2.82. The number of rotatable bonds is 3. The van der Waals surface area contributed by atoms with E-state index in [1.807, 2.05) is 6.92 Å². The lowest BCUT2D eigenvalue weighted by atomic mass is 10.3. The van der Waals surface area contributed by atoms with Crippen LogP contribution in [0.15, 0.2) is 18.2 Å². The Balaban J connectivity index is 2.18. The summed E-state index contributed by atoms with van der Waals surface area (Å²) in [6, 6.07) is 3.70. The second kappa shape index (κ2) is 5.14. The van der Waals surface area contributed by atoms with E-state index in [-0.39, 0.29) is 16.5 Å². The summed E-state index contributed by atoms with van der Waals surface area (Å²) < 4.78 is 13.0. The van der Waals surface area contributed by atoms with Crippen molar-refractivity contribution >= 4 is 23.2 Å². The highest BCUT2D eigenvalue weighted by molar-refractivity contribution is 6.33. The second-order valence-corrected chi connectivity index (χ2v) is 3.94. The molecule has 2 aromatic rings. The summed E-state index contributed by atoms with van der Waals surface area (Å²) in [7, 11) is 0. The summed E-state index contributed by atoms with van der Waals surface area (Å²) >= 11 is 5.83. The van der Waals surface area contributed by atoms with Gasteiger partial charge in [0.05, 0.1) is 10.7 Å². The van der Waals surface area contributed by atoms with Crippen molar-refractivity contribution in [2.75, 3.05) is 5.32 Å². The number of anilines is 1. The number of carbonyl (C=O) groups is 1. The standard InChI is InChI=1S/C11H10ClFN4O/c1-2-9-15-10(17-16-9)11(18)14-8-5-6(13)3-4-7(8)12/h3-5H,2H2,1H3,(H,14,18)(H,15,16,17). The molecular weight excluding hydrogens is 259 g/mol. The normalized spacial score (nSPS) is 10.4. The SMILES string of the molecule is CCc1nc(C(=O)Nc2cc(F)ccc2Cl)n[nH]1. The zero-order valence-corrected chi connectivity index (χ0v) is 10.3. The number of benzene rings is 1. The number of nitrogens with zero attached hydrogens (tertiary/aromatic N) is 2. The van der Waals surface area contributed by atoms with Crippen molar-refractivity contribution in [3.63, 3.8) is 0 Å². The average molecular weight is 269 g/mol. The molecule has 0 atom stereocenters. The molecule has 0 saturated carbocycles. The van der Waals surface area contributed by atoms with Gasteiger partial charge in [-0.05, 0) is 18.2 Å². The van der Waals surface area contributed by atoms with Crippen LogP contribution in [0.1, 0.15) is 23.4 Å². The van der Waals surface area contributed by atoms with E-state index < -0.39 is 11.7 Å². The van der Waals surface area contributed by atoms with Gasteiger partial charge in [0.2, 0.25) is 5.82 Å². The van der Waals surface area contributed by atoms with Gasteiger partial charge in [0, 0.05) is 6.42 Å². The first-order valence-corrected chi connectivity index (χ1v) is 5.65. The monoisotopic (exact) mass is 268 g/mol. The Labute approximate surface area is 107 Å². The minimum Gasteiger partial charge on any atom is -0.318 e. The topological polar surface area (TPSA) is 70.7 Å². The van der Waals surface area contributed by atoms with Gasteiger partial charge in [-0.1, -0.05) is 18.5 Å². The lowest BCUT2D eigenvalue weighted by molar-refractivity contribution is 0.101. The largest absolute Gasteiger partial charge is 0.318 e. The molecule has 0 spiro atoms. The van der Waals surface area contributed by atoms with Crippen LogP contribution < -0.4 is 5.32 Å². The summed E-state index contributed by atoms with van der Waals surface area (Å²) in [5.74, 6) is -0.435. The van der Waals surface area contributed by atoms with Gasteiger partial charge in [-0.3, -0.25) is 9.89 Å². The highest BCUT2D eigenvalue weighted by Gasteiger charge is 2.13. The molecule has 0 fully saturated rings. The molecule has 0 radical (unpaired) electrons.